The van der Waals surface area contributed by atoms with Gasteiger partial charge in [0.1, 0.15) is 31.8 Å². The molecule has 402 valence electrons. The van der Waals surface area contributed by atoms with Gasteiger partial charge in [0.05, 0.1) is 48.6 Å². The molecule has 7 N–H and O–H groups in total. The van der Waals surface area contributed by atoms with E-state index < -0.39 is 90.7 Å². The molecule has 3 aliphatic rings. The Balaban J connectivity index is 0.813. The summed E-state index contributed by atoms with van der Waals surface area (Å²) in [7, 11) is 0. The summed E-state index contributed by atoms with van der Waals surface area (Å²) in [6.07, 6.45) is 4.90. The zero-order valence-electron chi connectivity index (χ0n) is 42.4. The normalized spacial score (nSPS) is 15.6. The molecule has 0 unspecified atom stereocenters. The van der Waals surface area contributed by atoms with Crippen molar-refractivity contribution in [2.75, 3.05) is 46.1 Å². The number of hydrogen-bond donors (Lipinski definition) is 7. The molecule has 7 rings (SSSR count). The Kier molecular flexibility index (Phi) is 18.2. The summed E-state index contributed by atoms with van der Waals surface area (Å²) < 4.78 is 27.5. The Morgan fingerprint density at radius 3 is 2.25 bits per heavy atom. The number of benzene rings is 2. The quantitative estimate of drug-likeness (QED) is 0.0182. The van der Waals surface area contributed by atoms with Crippen LogP contribution in [0.15, 0.2) is 59.4 Å². The number of carbonyl (C=O) groups excluding carboxylic acids is 9. The van der Waals surface area contributed by atoms with Gasteiger partial charge in [0, 0.05) is 60.7 Å². The van der Waals surface area contributed by atoms with Crippen LogP contribution in [0.2, 0.25) is 0 Å². The fraction of sp³-hybridized carbons (Fsp3) is 0.415. The number of rotatable bonds is 25. The standard InChI is InChI=1S/C53H60FN9O13/c1-4-53(74)36-21-40-49-34(26-63(40)51(72)35(36)27-76-52(53)73)31(3)48-33(30(2)37(54)22-38(48)61-49)14-11-18-55-45(68)28-75-29-59-43(66)24-58-50(71)39(20-32-12-7-5-8-13-32)60-44(67)25-57-42(65)23-56-41(64)15-9-6-10-19-62-46(69)16-17-47(62)70/h5,7-8,12-13,16-17,21-22,39,74H,4,6,9-11,14-15,18-20,23-29H2,1-3H3,(H,55,68)(H,56,64)(H,57,65)(H,58,71)(H,59,66)(H,60,67)/t39-,53-/m0/s1. The van der Waals surface area contributed by atoms with Crippen molar-refractivity contribution in [3.05, 3.63) is 110 Å². The van der Waals surface area contributed by atoms with E-state index in [4.69, 9.17) is 14.5 Å². The lowest BCUT2D eigenvalue weighted by Crippen LogP contribution is -2.52. The number of unbranched alkanes of at least 4 members (excludes halogenated alkanes) is 2. The lowest BCUT2D eigenvalue weighted by Gasteiger charge is -2.31. The molecule has 8 amide bonds. The molecule has 2 aromatic heterocycles. The molecule has 23 heteroatoms. The highest BCUT2D eigenvalue weighted by molar-refractivity contribution is 6.12. The average molecular weight is 1050 g/mol. The molecule has 0 saturated heterocycles. The van der Waals surface area contributed by atoms with E-state index in [0.29, 0.717) is 65.7 Å². The van der Waals surface area contributed by atoms with E-state index in [-0.39, 0.29) is 75.2 Å². The lowest BCUT2D eigenvalue weighted by molar-refractivity contribution is -0.172. The number of fused-ring (bicyclic) bond motifs is 5. The summed E-state index contributed by atoms with van der Waals surface area (Å²) in [5.41, 5.74) is 2.56. The monoisotopic (exact) mass is 1050 g/mol. The zero-order valence-corrected chi connectivity index (χ0v) is 42.4. The first-order valence-corrected chi connectivity index (χ1v) is 25.0. The number of imide groups is 1. The third-order valence-electron chi connectivity index (χ3n) is 13.5. The number of cyclic esters (lactones) is 1. The molecule has 0 bridgehead atoms. The van der Waals surface area contributed by atoms with Crippen molar-refractivity contribution >= 4 is 64.1 Å². The van der Waals surface area contributed by atoms with Gasteiger partial charge in [-0.25, -0.2) is 14.2 Å². The van der Waals surface area contributed by atoms with Crippen LogP contribution in [0.3, 0.4) is 0 Å². The number of aliphatic hydroxyl groups is 1. The van der Waals surface area contributed by atoms with Crippen molar-refractivity contribution in [2.45, 2.75) is 96.9 Å². The highest BCUT2D eigenvalue weighted by Crippen LogP contribution is 2.41. The maximum atomic E-state index is 15.5. The minimum absolute atomic E-state index is 0.00644. The van der Waals surface area contributed by atoms with Crippen LogP contribution in [0.25, 0.3) is 22.3 Å². The van der Waals surface area contributed by atoms with E-state index in [1.807, 2.05) is 6.92 Å². The number of ether oxygens (including phenoxy) is 2. The molecule has 0 aliphatic carbocycles. The summed E-state index contributed by atoms with van der Waals surface area (Å²) in [4.78, 5) is 131. The van der Waals surface area contributed by atoms with Crippen LogP contribution in [0, 0.1) is 19.7 Å². The summed E-state index contributed by atoms with van der Waals surface area (Å²) >= 11 is 0. The van der Waals surface area contributed by atoms with Gasteiger partial charge in [-0.15, -0.1) is 0 Å². The topological polar surface area (TPSA) is 303 Å². The van der Waals surface area contributed by atoms with Gasteiger partial charge in [0.2, 0.25) is 35.4 Å². The van der Waals surface area contributed by atoms with Crippen molar-refractivity contribution in [2.24, 2.45) is 0 Å². The number of halogens is 1. The molecular formula is C53H60FN9O13. The van der Waals surface area contributed by atoms with Gasteiger partial charge in [0.15, 0.2) is 5.60 Å². The minimum atomic E-state index is -1.99. The van der Waals surface area contributed by atoms with E-state index >= 15 is 4.39 Å². The van der Waals surface area contributed by atoms with Crippen LogP contribution in [0.5, 0.6) is 0 Å². The van der Waals surface area contributed by atoms with E-state index in [2.05, 4.69) is 31.9 Å². The second-order valence-electron chi connectivity index (χ2n) is 18.6. The number of nitrogens with one attached hydrogen (secondary N) is 6. The van der Waals surface area contributed by atoms with Crippen LogP contribution in [0.1, 0.15) is 84.4 Å². The van der Waals surface area contributed by atoms with Crippen molar-refractivity contribution in [1.82, 2.24) is 46.4 Å². The van der Waals surface area contributed by atoms with E-state index in [1.54, 1.807) is 50.2 Å². The average Bonchev–Trinajstić information content (AvgIpc) is 4.01. The van der Waals surface area contributed by atoms with E-state index in [1.165, 1.54) is 22.8 Å². The van der Waals surface area contributed by atoms with Crippen molar-refractivity contribution in [3.8, 4) is 11.4 Å². The maximum absolute atomic E-state index is 15.5. The number of carbonyl (C=O) groups is 9. The molecule has 76 heavy (non-hydrogen) atoms. The Morgan fingerprint density at radius 2 is 1.51 bits per heavy atom. The van der Waals surface area contributed by atoms with Crippen LogP contribution < -0.4 is 37.5 Å². The van der Waals surface area contributed by atoms with E-state index in [0.717, 1.165) is 21.4 Å². The summed E-state index contributed by atoms with van der Waals surface area (Å²) in [6.45, 7) is 3.34. The predicted octanol–water partition coefficient (Wildman–Crippen LogP) is 0.536. The van der Waals surface area contributed by atoms with Gasteiger partial charge in [-0.3, -0.25) is 48.1 Å². The number of nitrogens with zero attached hydrogens (tertiary/aromatic N) is 3. The Labute approximate surface area is 435 Å². The molecule has 3 aliphatic heterocycles. The predicted molar refractivity (Wildman–Crippen MR) is 270 cm³/mol. The van der Waals surface area contributed by atoms with Gasteiger partial charge in [0.25, 0.3) is 17.4 Å². The van der Waals surface area contributed by atoms with Crippen molar-refractivity contribution < 1.29 is 62.1 Å². The third kappa shape index (κ3) is 13.0. The van der Waals surface area contributed by atoms with Crippen molar-refractivity contribution in [1.29, 1.82) is 0 Å². The molecule has 4 aromatic rings. The number of esters is 1. The first-order valence-electron chi connectivity index (χ1n) is 25.0. The van der Waals surface area contributed by atoms with Crippen LogP contribution in [-0.4, -0.2) is 125 Å². The first-order chi connectivity index (χ1) is 36.4. The first kappa shape index (κ1) is 55.6. The second-order valence-corrected chi connectivity index (χ2v) is 18.6. The summed E-state index contributed by atoms with van der Waals surface area (Å²) in [5.74, 6) is -5.64. The molecule has 0 saturated carbocycles. The number of amides is 8. The molecule has 2 atom stereocenters. The molecule has 2 aromatic carbocycles. The number of hydrogen-bond acceptors (Lipinski definition) is 14. The maximum Gasteiger partial charge on any atom is 0.343 e. The van der Waals surface area contributed by atoms with Gasteiger partial charge in [-0.1, -0.05) is 43.7 Å². The third-order valence-corrected chi connectivity index (χ3v) is 13.5. The second kappa shape index (κ2) is 24.9. The number of aromatic nitrogens is 2. The highest BCUT2D eigenvalue weighted by Gasteiger charge is 2.45. The molecule has 0 fully saturated rings. The van der Waals surface area contributed by atoms with E-state index in [9.17, 15) is 53.1 Å². The zero-order chi connectivity index (χ0) is 54.7. The highest BCUT2D eigenvalue weighted by atomic mass is 19.1. The Bertz CT molecular complexity index is 3050. The largest absolute Gasteiger partial charge is 0.458 e. The van der Waals surface area contributed by atoms with Gasteiger partial charge < -0.3 is 51.0 Å². The van der Waals surface area contributed by atoms with Crippen LogP contribution in [0.4, 0.5) is 4.39 Å². The fourth-order valence-corrected chi connectivity index (χ4v) is 9.31. The Hall–Kier alpha value is -8.18. The van der Waals surface area contributed by atoms with Crippen LogP contribution >= 0.6 is 0 Å². The van der Waals surface area contributed by atoms with Crippen LogP contribution in [-0.2, 0) is 84.2 Å². The molecular weight excluding hydrogens is 990 g/mol. The smallest absolute Gasteiger partial charge is 0.343 e. The Morgan fingerprint density at radius 1 is 0.816 bits per heavy atom. The van der Waals surface area contributed by atoms with Gasteiger partial charge in [-0.05, 0) is 74.3 Å². The fourth-order valence-electron chi connectivity index (χ4n) is 9.31. The summed E-state index contributed by atoms with van der Waals surface area (Å²) in [5, 5.41) is 27.0. The van der Waals surface area contributed by atoms with Gasteiger partial charge in [-0.2, -0.15) is 0 Å². The number of pyridine rings is 2. The van der Waals surface area contributed by atoms with Gasteiger partial charge >= 0.3 is 5.97 Å². The molecule has 0 radical (unpaired) electrons. The minimum Gasteiger partial charge on any atom is -0.458 e. The molecule has 5 heterocycles. The summed E-state index contributed by atoms with van der Waals surface area (Å²) in [6, 6.07) is 10.6. The number of aryl methyl sites for hydroxylation is 2. The molecule has 22 nitrogen and oxygen atoms in total. The SMILES string of the molecule is CC[C@@]1(O)C(=O)OCc2c1cc1n(c2=O)Cc2c-1nc1cc(F)c(C)c(CCCNC(=O)COCNC(=O)CNC(=O)[C@H](Cc3ccccc3)NC(=O)CNC(=O)CNC(=O)CCCCCN3C(=O)C=CC3=O)c1c2C. The molecule has 0 spiro atoms. The van der Waals surface area contributed by atoms with Crippen molar-refractivity contribution in [3.63, 3.8) is 0 Å². The lowest BCUT2D eigenvalue weighted by atomic mass is 9.86.